The summed E-state index contributed by atoms with van der Waals surface area (Å²) in [5.74, 6) is 2.16. The van der Waals surface area contributed by atoms with Crippen molar-refractivity contribution in [3.63, 3.8) is 0 Å². The largest absolute Gasteiger partial charge is 0.497 e. The van der Waals surface area contributed by atoms with Crippen molar-refractivity contribution < 1.29 is 14.3 Å². The summed E-state index contributed by atoms with van der Waals surface area (Å²) < 4.78 is 10.4. The van der Waals surface area contributed by atoms with Crippen LogP contribution in [0, 0.1) is 0 Å². The van der Waals surface area contributed by atoms with E-state index in [4.69, 9.17) is 21.1 Å². The highest BCUT2D eigenvalue weighted by atomic mass is 35.5. The van der Waals surface area contributed by atoms with Crippen molar-refractivity contribution in [2.45, 2.75) is 5.75 Å². The number of ether oxygens (including phenoxy) is 2. The molecule has 0 fully saturated rings. The van der Waals surface area contributed by atoms with E-state index in [1.807, 2.05) is 24.3 Å². The number of carbonyl (C=O) groups is 1. The number of methoxy groups -OCH3 is 2. The molecule has 1 N–H and O–H groups in total. The number of carbonyl (C=O) groups excluding carboxylic acids is 1. The number of thioether (sulfide) groups is 1. The van der Waals surface area contributed by atoms with Gasteiger partial charge in [-0.2, -0.15) is 5.10 Å². The van der Waals surface area contributed by atoms with Crippen LogP contribution in [0.1, 0.15) is 11.1 Å². The molecule has 1 amide bonds. The van der Waals surface area contributed by atoms with Crippen LogP contribution in [-0.4, -0.2) is 32.1 Å². The van der Waals surface area contributed by atoms with Crippen molar-refractivity contribution in [2.24, 2.45) is 5.10 Å². The molecular formula is C18H19ClN2O3S. The second kappa shape index (κ2) is 9.96. The molecular weight excluding hydrogens is 360 g/mol. The van der Waals surface area contributed by atoms with Gasteiger partial charge in [-0.1, -0.05) is 23.7 Å². The van der Waals surface area contributed by atoms with E-state index in [0.29, 0.717) is 28.0 Å². The lowest BCUT2D eigenvalue weighted by molar-refractivity contribution is -0.118. The van der Waals surface area contributed by atoms with Crippen LogP contribution >= 0.6 is 23.4 Å². The van der Waals surface area contributed by atoms with Crippen LogP contribution in [0.15, 0.2) is 47.6 Å². The second-order valence-electron chi connectivity index (χ2n) is 5.02. The lowest BCUT2D eigenvalue weighted by atomic mass is 10.2. The first-order valence-corrected chi connectivity index (χ1v) is 9.01. The average molecular weight is 379 g/mol. The average Bonchev–Trinajstić information content (AvgIpc) is 2.62. The Bertz CT molecular complexity index is 753. The third kappa shape index (κ3) is 6.32. The minimum absolute atomic E-state index is 0.171. The fourth-order valence-corrected chi connectivity index (χ4v) is 3.00. The van der Waals surface area contributed by atoms with Gasteiger partial charge in [-0.15, -0.1) is 11.8 Å². The molecule has 0 spiro atoms. The molecule has 0 unspecified atom stereocenters. The van der Waals surface area contributed by atoms with Crippen molar-refractivity contribution in [2.75, 3.05) is 20.0 Å². The third-order valence-corrected chi connectivity index (χ3v) is 4.46. The molecule has 0 saturated carbocycles. The van der Waals surface area contributed by atoms with Crippen LogP contribution in [-0.2, 0) is 10.5 Å². The lowest BCUT2D eigenvalue weighted by Crippen LogP contribution is -2.19. The summed E-state index contributed by atoms with van der Waals surface area (Å²) in [4.78, 5) is 11.8. The van der Waals surface area contributed by atoms with Crippen molar-refractivity contribution in [1.82, 2.24) is 5.43 Å². The Morgan fingerprint density at radius 2 is 2.08 bits per heavy atom. The molecule has 132 valence electrons. The maximum atomic E-state index is 11.8. The SMILES string of the molecule is COc1ccc(/C=N\NC(=O)CSCc2cccc(Cl)c2)c(OC)c1. The Morgan fingerprint density at radius 3 is 2.80 bits per heavy atom. The first kappa shape index (κ1) is 19.1. The Balaban J connectivity index is 1.80. The van der Waals surface area contributed by atoms with Crippen LogP contribution in [0.3, 0.4) is 0 Å². The minimum Gasteiger partial charge on any atom is -0.497 e. The van der Waals surface area contributed by atoms with E-state index in [1.165, 1.54) is 18.0 Å². The Hall–Kier alpha value is -2.18. The van der Waals surface area contributed by atoms with Gasteiger partial charge in [-0.05, 0) is 29.8 Å². The number of hydrogen-bond donors (Lipinski definition) is 1. The van der Waals surface area contributed by atoms with E-state index in [-0.39, 0.29) is 5.91 Å². The zero-order chi connectivity index (χ0) is 18.1. The summed E-state index contributed by atoms with van der Waals surface area (Å²) >= 11 is 7.43. The molecule has 0 atom stereocenters. The van der Waals surface area contributed by atoms with Gasteiger partial charge in [0.2, 0.25) is 5.91 Å². The third-order valence-electron chi connectivity index (χ3n) is 3.22. The van der Waals surface area contributed by atoms with Crippen LogP contribution in [0.25, 0.3) is 0 Å². The van der Waals surface area contributed by atoms with Crippen LogP contribution in [0.4, 0.5) is 0 Å². The maximum absolute atomic E-state index is 11.8. The zero-order valence-electron chi connectivity index (χ0n) is 14.0. The molecule has 0 saturated heterocycles. The maximum Gasteiger partial charge on any atom is 0.250 e. The first-order chi connectivity index (χ1) is 12.1. The summed E-state index contributed by atoms with van der Waals surface area (Å²) in [6.45, 7) is 0. The predicted molar refractivity (Wildman–Crippen MR) is 103 cm³/mol. The van der Waals surface area contributed by atoms with Crippen LogP contribution in [0.2, 0.25) is 5.02 Å². The van der Waals surface area contributed by atoms with Crippen LogP contribution in [0.5, 0.6) is 11.5 Å². The van der Waals surface area contributed by atoms with Gasteiger partial charge in [0.25, 0.3) is 0 Å². The summed E-state index contributed by atoms with van der Waals surface area (Å²) in [6.07, 6.45) is 1.54. The summed E-state index contributed by atoms with van der Waals surface area (Å²) in [7, 11) is 3.15. The molecule has 5 nitrogen and oxygen atoms in total. The van der Waals surface area contributed by atoms with E-state index in [9.17, 15) is 4.79 Å². The quantitative estimate of drug-likeness (QED) is 0.561. The predicted octanol–water partition coefficient (Wildman–Crippen LogP) is 3.74. The second-order valence-corrected chi connectivity index (χ2v) is 6.45. The number of rotatable bonds is 8. The Kier molecular flexibility index (Phi) is 7.63. The van der Waals surface area contributed by atoms with Gasteiger partial charge in [0, 0.05) is 22.4 Å². The summed E-state index contributed by atoms with van der Waals surface area (Å²) in [5, 5.41) is 4.66. The smallest absolute Gasteiger partial charge is 0.250 e. The Morgan fingerprint density at radius 1 is 1.24 bits per heavy atom. The number of halogens is 1. The van der Waals surface area contributed by atoms with Gasteiger partial charge in [0.1, 0.15) is 11.5 Å². The molecule has 0 aromatic heterocycles. The number of hydrogen-bond acceptors (Lipinski definition) is 5. The highest BCUT2D eigenvalue weighted by Crippen LogP contribution is 2.23. The van der Waals surface area contributed by atoms with Crippen molar-refractivity contribution in [1.29, 1.82) is 0 Å². The summed E-state index contributed by atoms with van der Waals surface area (Å²) in [6, 6.07) is 12.9. The fraction of sp³-hybridized carbons (Fsp3) is 0.222. The molecule has 7 heteroatoms. The molecule has 25 heavy (non-hydrogen) atoms. The first-order valence-electron chi connectivity index (χ1n) is 7.48. The molecule has 0 bridgehead atoms. The highest BCUT2D eigenvalue weighted by Gasteiger charge is 2.04. The normalized spacial score (nSPS) is 10.7. The molecule has 2 aromatic carbocycles. The van der Waals surface area contributed by atoms with Gasteiger partial charge in [0.15, 0.2) is 0 Å². The van der Waals surface area contributed by atoms with Gasteiger partial charge in [0.05, 0.1) is 26.2 Å². The van der Waals surface area contributed by atoms with E-state index >= 15 is 0 Å². The molecule has 0 aliphatic carbocycles. The Labute approximate surface area is 156 Å². The number of hydrazone groups is 1. The monoisotopic (exact) mass is 378 g/mol. The highest BCUT2D eigenvalue weighted by molar-refractivity contribution is 7.99. The zero-order valence-corrected chi connectivity index (χ0v) is 15.6. The summed E-state index contributed by atoms with van der Waals surface area (Å²) in [5.41, 5.74) is 4.33. The van der Waals surface area contributed by atoms with Gasteiger partial charge in [-0.3, -0.25) is 4.79 Å². The molecule has 0 aliphatic heterocycles. The molecule has 0 heterocycles. The van der Waals surface area contributed by atoms with Gasteiger partial charge in [-0.25, -0.2) is 5.43 Å². The van der Waals surface area contributed by atoms with Gasteiger partial charge < -0.3 is 9.47 Å². The van der Waals surface area contributed by atoms with E-state index in [2.05, 4.69) is 10.5 Å². The molecule has 0 aliphatic rings. The number of benzene rings is 2. The molecule has 2 rings (SSSR count). The number of nitrogens with one attached hydrogen (secondary N) is 1. The van der Waals surface area contributed by atoms with Crippen molar-refractivity contribution in [3.05, 3.63) is 58.6 Å². The molecule has 2 aromatic rings. The number of nitrogens with zero attached hydrogens (tertiary/aromatic N) is 1. The van der Waals surface area contributed by atoms with Crippen molar-refractivity contribution in [3.8, 4) is 11.5 Å². The van der Waals surface area contributed by atoms with Crippen LogP contribution < -0.4 is 14.9 Å². The lowest BCUT2D eigenvalue weighted by Gasteiger charge is -2.07. The number of amides is 1. The fourth-order valence-electron chi connectivity index (χ4n) is 2.02. The van der Waals surface area contributed by atoms with E-state index < -0.39 is 0 Å². The van der Waals surface area contributed by atoms with E-state index in [1.54, 1.807) is 32.4 Å². The standard InChI is InChI=1S/C18H19ClN2O3S/c1-23-16-7-6-14(17(9-16)24-2)10-20-21-18(22)12-25-11-13-4-3-5-15(19)8-13/h3-10H,11-12H2,1-2H3,(H,21,22)/b20-10-. The van der Waals surface area contributed by atoms with Crippen molar-refractivity contribution >= 4 is 35.5 Å². The van der Waals surface area contributed by atoms with Gasteiger partial charge >= 0.3 is 0 Å². The topological polar surface area (TPSA) is 59.9 Å². The van der Waals surface area contributed by atoms with E-state index in [0.717, 1.165) is 11.1 Å². The minimum atomic E-state index is -0.171. The molecule has 0 radical (unpaired) electrons.